The van der Waals surface area contributed by atoms with Gasteiger partial charge in [-0.1, -0.05) is 12.7 Å². The number of hydrogen-bond acceptors (Lipinski definition) is 5. The Morgan fingerprint density at radius 1 is 1.44 bits per heavy atom. The molecule has 0 saturated carbocycles. The summed E-state index contributed by atoms with van der Waals surface area (Å²) in [5.41, 5.74) is 3.20. The molecule has 2 aromatic heterocycles. The number of aromatic amines is 1. The molecule has 2 aromatic rings. The first-order valence-electron chi connectivity index (χ1n) is 9.46. The first kappa shape index (κ1) is 17.7. The third-order valence-electron chi connectivity index (χ3n) is 5.46. The number of nitrogens with one attached hydrogen (secondary N) is 2. The highest BCUT2D eigenvalue weighted by molar-refractivity contribution is 5.98. The number of anilines is 1. The molecule has 142 valence electrons. The number of fused-ring (bicyclic) bond motifs is 1. The van der Waals surface area contributed by atoms with Crippen molar-refractivity contribution in [2.75, 3.05) is 25.1 Å². The van der Waals surface area contributed by atoms with Crippen LogP contribution in [0.1, 0.15) is 31.7 Å². The van der Waals surface area contributed by atoms with E-state index in [2.05, 4.69) is 39.8 Å². The van der Waals surface area contributed by atoms with E-state index < -0.39 is 0 Å². The Kier molecular flexibility index (Phi) is 4.94. The minimum absolute atomic E-state index is 0.0171. The summed E-state index contributed by atoms with van der Waals surface area (Å²) < 4.78 is 5.44. The van der Waals surface area contributed by atoms with Crippen LogP contribution in [0, 0.1) is 0 Å². The molecule has 27 heavy (non-hydrogen) atoms. The maximum absolute atomic E-state index is 12.1. The number of carbonyl (C=O) groups is 1. The molecule has 7 heteroatoms. The Bertz CT molecular complexity index is 888. The molecule has 4 heterocycles. The summed E-state index contributed by atoms with van der Waals surface area (Å²) in [4.78, 5) is 26.2. The average Bonchev–Trinajstić information content (AvgIpc) is 3.15. The van der Waals surface area contributed by atoms with Gasteiger partial charge in [-0.25, -0.2) is 9.97 Å². The lowest BCUT2D eigenvalue weighted by Gasteiger charge is -2.38. The second-order valence-electron chi connectivity index (χ2n) is 7.16. The lowest BCUT2D eigenvalue weighted by Crippen LogP contribution is -2.49. The second kappa shape index (κ2) is 7.52. The van der Waals surface area contributed by atoms with Crippen molar-refractivity contribution in [2.45, 2.75) is 38.3 Å². The lowest BCUT2D eigenvalue weighted by atomic mass is 9.98. The van der Waals surface area contributed by atoms with Gasteiger partial charge in [0.2, 0.25) is 5.91 Å². The predicted octanol–water partition coefficient (Wildman–Crippen LogP) is 2.74. The summed E-state index contributed by atoms with van der Waals surface area (Å²) in [6, 6.07) is 0.379. The molecule has 1 saturated heterocycles. The van der Waals surface area contributed by atoms with Crippen LogP contribution in [0.5, 0.6) is 0 Å². The molecule has 7 nitrogen and oxygen atoms in total. The molecule has 2 aliphatic rings. The van der Waals surface area contributed by atoms with Crippen molar-refractivity contribution in [3.8, 4) is 0 Å². The number of hydrogen-bond donors (Lipinski definition) is 2. The Hall–Kier alpha value is -2.67. The molecule has 2 N–H and O–H groups in total. The number of ether oxygens (including phenoxy) is 1. The van der Waals surface area contributed by atoms with Crippen LogP contribution in [-0.2, 0) is 9.53 Å². The molecule has 2 aliphatic heterocycles. The van der Waals surface area contributed by atoms with Crippen molar-refractivity contribution < 1.29 is 9.53 Å². The van der Waals surface area contributed by atoms with Gasteiger partial charge in [0.05, 0.1) is 18.6 Å². The molecule has 1 amide bonds. The molecular weight excluding hydrogens is 342 g/mol. The Morgan fingerprint density at radius 2 is 2.33 bits per heavy atom. The van der Waals surface area contributed by atoms with E-state index in [1.54, 1.807) is 6.33 Å². The van der Waals surface area contributed by atoms with Crippen LogP contribution in [0.2, 0.25) is 0 Å². The van der Waals surface area contributed by atoms with Gasteiger partial charge in [0, 0.05) is 30.4 Å². The van der Waals surface area contributed by atoms with Crippen molar-refractivity contribution in [3.63, 3.8) is 0 Å². The van der Waals surface area contributed by atoms with Gasteiger partial charge in [-0.15, -0.1) is 0 Å². The van der Waals surface area contributed by atoms with Crippen LogP contribution in [0.15, 0.2) is 31.3 Å². The Balaban J connectivity index is 1.62. The minimum atomic E-state index is -0.0171. The quantitative estimate of drug-likeness (QED) is 0.812. The summed E-state index contributed by atoms with van der Waals surface area (Å²) in [6.45, 7) is 7.72. The SMILES string of the molecule is C=CC(=O)N1CC(Nc2ncnc3[nH]cc(C4=CCOCC4)c23)CCC1C. The fraction of sp³-hybridized carbons (Fsp3) is 0.450. The standard InChI is InChI=1S/C20H25N5O2/c1-3-17(26)25-11-15(5-4-13(25)2)24-20-18-16(14-6-8-27-9-7-14)10-21-19(18)22-12-23-20/h3,6,10,12-13,15H,1,4-5,7-9,11H2,2H3,(H2,21,22,23,24). The zero-order valence-corrected chi connectivity index (χ0v) is 15.6. The molecule has 0 radical (unpaired) electrons. The van der Waals surface area contributed by atoms with E-state index in [0.717, 1.165) is 48.3 Å². The number of rotatable bonds is 4. The van der Waals surface area contributed by atoms with Crippen LogP contribution < -0.4 is 5.32 Å². The number of piperidine rings is 1. The highest BCUT2D eigenvalue weighted by Crippen LogP contribution is 2.32. The van der Waals surface area contributed by atoms with E-state index in [1.807, 2.05) is 11.1 Å². The van der Waals surface area contributed by atoms with Gasteiger partial charge in [0.15, 0.2) is 0 Å². The topological polar surface area (TPSA) is 83.1 Å². The van der Waals surface area contributed by atoms with Crippen LogP contribution in [0.4, 0.5) is 5.82 Å². The van der Waals surface area contributed by atoms with E-state index in [9.17, 15) is 4.79 Å². The normalized spacial score (nSPS) is 23.1. The Morgan fingerprint density at radius 3 is 3.11 bits per heavy atom. The largest absolute Gasteiger partial charge is 0.377 e. The van der Waals surface area contributed by atoms with E-state index in [-0.39, 0.29) is 18.0 Å². The van der Waals surface area contributed by atoms with Crippen molar-refractivity contribution in [2.24, 2.45) is 0 Å². The Labute approximate surface area is 158 Å². The predicted molar refractivity (Wildman–Crippen MR) is 105 cm³/mol. The molecular formula is C20H25N5O2. The smallest absolute Gasteiger partial charge is 0.246 e. The van der Waals surface area contributed by atoms with Gasteiger partial charge in [-0.2, -0.15) is 0 Å². The molecule has 2 unspecified atom stereocenters. The summed E-state index contributed by atoms with van der Waals surface area (Å²) in [7, 11) is 0. The van der Waals surface area contributed by atoms with Crippen LogP contribution in [0.3, 0.4) is 0 Å². The van der Waals surface area contributed by atoms with Gasteiger partial charge in [-0.05, 0) is 37.8 Å². The van der Waals surface area contributed by atoms with E-state index in [1.165, 1.54) is 11.6 Å². The van der Waals surface area contributed by atoms with Crippen molar-refractivity contribution >= 4 is 28.3 Å². The maximum Gasteiger partial charge on any atom is 0.246 e. The van der Waals surface area contributed by atoms with Crippen LogP contribution in [-0.4, -0.2) is 57.6 Å². The molecule has 0 aromatic carbocycles. The minimum Gasteiger partial charge on any atom is -0.377 e. The number of nitrogens with zero attached hydrogens (tertiary/aromatic N) is 3. The molecule has 2 atom stereocenters. The van der Waals surface area contributed by atoms with Gasteiger partial charge >= 0.3 is 0 Å². The first-order chi connectivity index (χ1) is 13.2. The average molecular weight is 367 g/mol. The van der Waals surface area contributed by atoms with E-state index >= 15 is 0 Å². The molecule has 0 aliphatic carbocycles. The monoisotopic (exact) mass is 367 g/mol. The third kappa shape index (κ3) is 3.47. The fourth-order valence-electron chi connectivity index (χ4n) is 3.94. The lowest BCUT2D eigenvalue weighted by molar-refractivity contribution is -0.129. The maximum atomic E-state index is 12.1. The van der Waals surface area contributed by atoms with E-state index in [0.29, 0.717) is 13.2 Å². The zero-order valence-electron chi connectivity index (χ0n) is 15.6. The van der Waals surface area contributed by atoms with Gasteiger partial charge in [-0.3, -0.25) is 4.79 Å². The number of likely N-dealkylation sites (tertiary alicyclic amines) is 1. The van der Waals surface area contributed by atoms with Crippen molar-refractivity contribution in [3.05, 3.63) is 36.8 Å². The van der Waals surface area contributed by atoms with Crippen LogP contribution in [0.25, 0.3) is 16.6 Å². The summed E-state index contributed by atoms with van der Waals surface area (Å²) in [5.74, 6) is 0.797. The summed E-state index contributed by atoms with van der Waals surface area (Å²) >= 11 is 0. The van der Waals surface area contributed by atoms with Crippen LogP contribution >= 0.6 is 0 Å². The number of carbonyl (C=O) groups excluding carboxylic acids is 1. The van der Waals surface area contributed by atoms with Gasteiger partial charge < -0.3 is 19.9 Å². The van der Waals surface area contributed by atoms with E-state index in [4.69, 9.17) is 4.74 Å². The molecule has 1 fully saturated rings. The third-order valence-corrected chi connectivity index (χ3v) is 5.46. The number of amides is 1. The highest BCUT2D eigenvalue weighted by Gasteiger charge is 2.28. The zero-order chi connectivity index (χ0) is 18.8. The summed E-state index contributed by atoms with van der Waals surface area (Å²) in [5, 5.41) is 4.57. The molecule has 0 spiro atoms. The van der Waals surface area contributed by atoms with Crippen molar-refractivity contribution in [1.29, 1.82) is 0 Å². The second-order valence-corrected chi connectivity index (χ2v) is 7.16. The van der Waals surface area contributed by atoms with Gasteiger partial charge in [0.25, 0.3) is 0 Å². The number of H-pyrrole nitrogens is 1. The van der Waals surface area contributed by atoms with Crippen molar-refractivity contribution in [1.82, 2.24) is 19.9 Å². The summed E-state index contributed by atoms with van der Waals surface area (Å²) in [6.07, 6.45) is 9.90. The number of aromatic nitrogens is 3. The molecule has 4 rings (SSSR count). The van der Waals surface area contributed by atoms with Gasteiger partial charge in [0.1, 0.15) is 17.8 Å². The fourth-order valence-corrected chi connectivity index (χ4v) is 3.94. The molecule has 0 bridgehead atoms. The highest BCUT2D eigenvalue weighted by atomic mass is 16.5. The first-order valence-corrected chi connectivity index (χ1v) is 9.46.